The minimum Gasteiger partial charge on any atom is -1.00 e. The summed E-state index contributed by atoms with van der Waals surface area (Å²) in [4.78, 5) is 9.85. The summed E-state index contributed by atoms with van der Waals surface area (Å²) in [6.45, 7) is 0.748. The molecule has 1 aromatic rings. The van der Waals surface area contributed by atoms with Crippen molar-refractivity contribution in [1.29, 1.82) is 0 Å². The molecule has 1 rings (SSSR count). The van der Waals surface area contributed by atoms with Crippen molar-refractivity contribution in [3.8, 4) is 5.75 Å². The Morgan fingerprint density at radius 2 is 2.00 bits per heavy atom. The molecule has 0 spiro atoms. The van der Waals surface area contributed by atoms with Crippen molar-refractivity contribution in [2.24, 2.45) is 0 Å². The molecule has 3 nitrogen and oxygen atoms in total. The van der Waals surface area contributed by atoms with Gasteiger partial charge in [0.25, 0.3) is 6.47 Å². The molecular formula is C9H12MgO3. The van der Waals surface area contributed by atoms with Crippen molar-refractivity contribution in [3.05, 3.63) is 29.8 Å². The average molecular weight is 192 g/mol. The standard InChI is InChI=1S/C9H10O3.Mg.2H/c1-11-9-4-2-8(3-5-9)6-12-7-10;;;/h2-5,7H,6H2,1H3;;;/q;+2;2*-1. The van der Waals surface area contributed by atoms with Crippen LogP contribution in [0.3, 0.4) is 0 Å². The third-order valence-electron chi connectivity index (χ3n) is 1.48. The first kappa shape index (κ1) is 12.3. The molecule has 0 heterocycles. The predicted molar refractivity (Wildman–Crippen MR) is 51.8 cm³/mol. The maximum atomic E-state index is 9.85. The third kappa shape index (κ3) is 4.14. The number of hydrogen-bond donors (Lipinski definition) is 0. The van der Waals surface area contributed by atoms with Crippen molar-refractivity contribution in [2.45, 2.75) is 6.61 Å². The number of carbonyl (C=O) groups is 1. The molecule has 0 aliphatic carbocycles. The molecule has 0 saturated carbocycles. The van der Waals surface area contributed by atoms with Crippen LogP contribution >= 0.6 is 0 Å². The summed E-state index contributed by atoms with van der Waals surface area (Å²) in [6, 6.07) is 7.34. The van der Waals surface area contributed by atoms with E-state index in [2.05, 4.69) is 4.74 Å². The molecule has 4 heteroatoms. The van der Waals surface area contributed by atoms with Crippen LogP contribution in [-0.4, -0.2) is 36.6 Å². The molecular weight excluding hydrogens is 180 g/mol. The van der Waals surface area contributed by atoms with Crippen LogP contribution in [0.2, 0.25) is 0 Å². The van der Waals surface area contributed by atoms with Crippen molar-refractivity contribution in [1.82, 2.24) is 0 Å². The van der Waals surface area contributed by atoms with Gasteiger partial charge in [-0.05, 0) is 17.7 Å². The van der Waals surface area contributed by atoms with Gasteiger partial charge in [0.1, 0.15) is 12.4 Å². The van der Waals surface area contributed by atoms with E-state index in [1.807, 2.05) is 24.3 Å². The second-order valence-electron chi connectivity index (χ2n) is 2.26. The van der Waals surface area contributed by atoms with Crippen LogP contribution in [0.1, 0.15) is 8.42 Å². The Bertz CT molecular complexity index is 254. The Balaban J connectivity index is -0.000000480. The summed E-state index contributed by atoms with van der Waals surface area (Å²) >= 11 is 0. The van der Waals surface area contributed by atoms with Crippen LogP contribution in [0.25, 0.3) is 0 Å². The molecule has 0 radical (unpaired) electrons. The van der Waals surface area contributed by atoms with Gasteiger partial charge in [-0.2, -0.15) is 0 Å². The van der Waals surface area contributed by atoms with Gasteiger partial charge in [0.15, 0.2) is 0 Å². The summed E-state index contributed by atoms with van der Waals surface area (Å²) in [5.74, 6) is 0.796. The van der Waals surface area contributed by atoms with E-state index >= 15 is 0 Å². The largest absolute Gasteiger partial charge is 2.00 e. The van der Waals surface area contributed by atoms with Crippen LogP contribution in [0.5, 0.6) is 5.75 Å². The number of rotatable bonds is 4. The monoisotopic (exact) mass is 192 g/mol. The van der Waals surface area contributed by atoms with Crippen molar-refractivity contribution in [2.75, 3.05) is 7.11 Å². The van der Waals surface area contributed by atoms with Crippen molar-refractivity contribution in [3.63, 3.8) is 0 Å². The van der Waals surface area contributed by atoms with E-state index < -0.39 is 0 Å². The Morgan fingerprint density at radius 3 is 2.46 bits per heavy atom. The summed E-state index contributed by atoms with van der Waals surface area (Å²) in [7, 11) is 1.61. The smallest absolute Gasteiger partial charge is 1.00 e. The van der Waals surface area contributed by atoms with Crippen molar-refractivity contribution < 1.29 is 17.1 Å². The predicted octanol–water partition coefficient (Wildman–Crippen LogP) is 1.21. The zero-order valence-corrected chi connectivity index (χ0v) is 8.94. The van der Waals surface area contributed by atoms with E-state index in [-0.39, 0.29) is 25.9 Å². The maximum absolute atomic E-state index is 9.85. The normalized spacial score (nSPS) is 8.38. The number of ether oxygens (including phenoxy) is 2. The van der Waals surface area contributed by atoms with Gasteiger partial charge in [0.05, 0.1) is 7.11 Å². The first-order chi connectivity index (χ1) is 5.86. The molecule has 68 valence electrons. The Morgan fingerprint density at radius 1 is 1.38 bits per heavy atom. The molecule has 13 heavy (non-hydrogen) atoms. The van der Waals surface area contributed by atoms with Crippen LogP contribution in [0, 0.1) is 0 Å². The minimum absolute atomic E-state index is 0. The summed E-state index contributed by atoms with van der Waals surface area (Å²) < 4.78 is 9.53. The van der Waals surface area contributed by atoms with E-state index in [1.165, 1.54) is 0 Å². The van der Waals surface area contributed by atoms with E-state index in [0.29, 0.717) is 13.1 Å². The zero-order valence-electron chi connectivity index (χ0n) is 9.53. The molecule has 0 bridgehead atoms. The topological polar surface area (TPSA) is 35.5 Å². The third-order valence-corrected chi connectivity index (χ3v) is 1.48. The van der Waals surface area contributed by atoms with Crippen LogP contribution in [0.4, 0.5) is 0 Å². The zero-order chi connectivity index (χ0) is 8.81. The number of hydrogen-bond acceptors (Lipinski definition) is 3. The van der Waals surface area contributed by atoms with Gasteiger partial charge in [-0.15, -0.1) is 0 Å². The summed E-state index contributed by atoms with van der Waals surface area (Å²) in [5.41, 5.74) is 0.947. The van der Waals surface area contributed by atoms with Crippen LogP contribution < -0.4 is 4.74 Å². The van der Waals surface area contributed by atoms with Gasteiger partial charge in [-0.25, -0.2) is 0 Å². The second-order valence-corrected chi connectivity index (χ2v) is 2.26. The van der Waals surface area contributed by atoms with Crippen molar-refractivity contribution >= 4 is 29.5 Å². The molecule has 0 fully saturated rings. The van der Waals surface area contributed by atoms with E-state index in [0.717, 1.165) is 11.3 Å². The summed E-state index contributed by atoms with van der Waals surface area (Å²) in [6.07, 6.45) is 0. The first-order valence-corrected chi connectivity index (χ1v) is 3.55. The fourth-order valence-electron chi connectivity index (χ4n) is 0.852. The molecule has 0 aliphatic rings. The Hall–Kier alpha value is -0.744. The number of benzene rings is 1. The molecule has 0 N–H and O–H groups in total. The minimum atomic E-state index is 0. The van der Waals surface area contributed by atoms with Crippen LogP contribution in [-0.2, 0) is 16.1 Å². The van der Waals surface area contributed by atoms with Gasteiger partial charge in [0.2, 0.25) is 0 Å². The second kappa shape index (κ2) is 6.74. The van der Waals surface area contributed by atoms with E-state index in [9.17, 15) is 4.79 Å². The van der Waals surface area contributed by atoms with Gasteiger partial charge >= 0.3 is 23.1 Å². The summed E-state index contributed by atoms with van der Waals surface area (Å²) in [5, 5.41) is 0. The Labute approximate surface area is 96.2 Å². The molecule has 0 aliphatic heterocycles. The Kier molecular flexibility index (Phi) is 6.35. The molecule has 0 saturated heterocycles. The van der Waals surface area contributed by atoms with Gasteiger partial charge in [-0.1, -0.05) is 12.1 Å². The maximum Gasteiger partial charge on any atom is 2.00 e. The fraction of sp³-hybridized carbons (Fsp3) is 0.222. The quantitative estimate of drug-likeness (QED) is 0.531. The molecule has 0 unspecified atom stereocenters. The first-order valence-electron chi connectivity index (χ1n) is 3.55. The fourth-order valence-corrected chi connectivity index (χ4v) is 0.852. The van der Waals surface area contributed by atoms with Gasteiger partial charge in [0, 0.05) is 0 Å². The van der Waals surface area contributed by atoms with Gasteiger partial charge in [-0.3, -0.25) is 4.79 Å². The number of carbonyl (C=O) groups excluding carboxylic acids is 1. The SMILES string of the molecule is COc1ccc(COC=O)cc1.[H-].[H-].[Mg+2]. The van der Waals surface area contributed by atoms with Gasteiger partial charge < -0.3 is 12.3 Å². The molecule has 0 amide bonds. The average Bonchev–Trinajstić information content (AvgIpc) is 2.15. The molecule has 0 aromatic heterocycles. The van der Waals surface area contributed by atoms with E-state index in [4.69, 9.17) is 4.74 Å². The molecule has 0 atom stereocenters. The van der Waals surface area contributed by atoms with E-state index in [1.54, 1.807) is 7.11 Å². The van der Waals surface area contributed by atoms with Crippen LogP contribution in [0.15, 0.2) is 24.3 Å². The molecule has 1 aromatic carbocycles. The number of methoxy groups -OCH3 is 1.